The van der Waals surface area contributed by atoms with Crippen LogP contribution in [0.1, 0.15) is 43.2 Å². The van der Waals surface area contributed by atoms with Gasteiger partial charge in [0.05, 0.1) is 19.3 Å². The Balaban J connectivity index is 1.06. The van der Waals surface area contributed by atoms with Crippen molar-refractivity contribution >= 4 is 18.0 Å². The minimum absolute atomic E-state index is 0.0158. The van der Waals surface area contributed by atoms with Gasteiger partial charge in [-0.3, -0.25) is 9.59 Å². The monoisotopic (exact) mass is 478 g/mol. The highest BCUT2D eigenvalue weighted by molar-refractivity contribution is 5.81. The maximum atomic E-state index is 12.4. The van der Waals surface area contributed by atoms with E-state index in [1.807, 2.05) is 24.3 Å². The molecule has 0 bridgehead atoms. The zero-order chi connectivity index (χ0) is 24.6. The summed E-state index contributed by atoms with van der Waals surface area (Å²) in [6.07, 6.45) is 1.24. The van der Waals surface area contributed by atoms with Gasteiger partial charge < -0.3 is 25.2 Å². The summed E-state index contributed by atoms with van der Waals surface area (Å²) in [5.41, 5.74) is 3.60. The van der Waals surface area contributed by atoms with Crippen molar-refractivity contribution in [2.24, 2.45) is 11.3 Å². The zero-order valence-corrected chi connectivity index (χ0v) is 19.7. The van der Waals surface area contributed by atoms with Crippen LogP contribution in [0.5, 0.6) is 0 Å². The average molecular weight is 479 g/mol. The SMILES string of the molecule is CC1(C(=O)O)COCC1NC(=O)CC1CC(NC(=O)OCC2c3ccccc3-c3ccccc32)C1. The molecule has 2 aliphatic carbocycles. The van der Waals surface area contributed by atoms with Gasteiger partial charge in [-0.1, -0.05) is 48.5 Å². The van der Waals surface area contributed by atoms with E-state index in [4.69, 9.17) is 9.47 Å². The lowest BCUT2D eigenvalue weighted by Crippen LogP contribution is -2.51. The third-order valence-electron chi connectivity index (χ3n) is 7.65. The normalized spacial score (nSPS) is 26.8. The number of nitrogens with one attached hydrogen (secondary N) is 2. The number of fused-ring (bicyclic) bond motifs is 3. The summed E-state index contributed by atoms with van der Waals surface area (Å²) in [7, 11) is 0. The summed E-state index contributed by atoms with van der Waals surface area (Å²) >= 11 is 0. The van der Waals surface area contributed by atoms with Crippen LogP contribution in [0.2, 0.25) is 0 Å². The molecule has 1 aliphatic heterocycles. The van der Waals surface area contributed by atoms with Crippen LogP contribution in [0.3, 0.4) is 0 Å². The molecule has 3 N–H and O–H groups in total. The lowest BCUT2D eigenvalue weighted by molar-refractivity contribution is -0.149. The number of alkyl carbamates (subject to hydrolysis) is 1. The first-order chi connectivity index (χ1) is 16.8. The number of carbonyl (C=O) groups is 3. The van der Waals surface area contributed by atoms with Gasteiger partial charge >= 0.3 is 12.1 Å². The highest BCUT2D eigenvalue weighted by Gasteiger charge is 2.47. The highest BCUT2D eigenvalue weighted by Crippen LogP contribution is 2.44. The Morgan fingerprint density at radius 2 is 1.66 bits per heavy atom. The number of carbonyl (C=O) groups excluding carboxylic acids is 2. The summed E-state index contributed by atoms with van der Waals surface area (Å²) in [6.45, 7) is 2.14. The number of carboxylic acid groups (broad SMARTS) is 1. The fraction of sp³-hybridized carbons (Fsp3) is 0.444. The summed E-state index contributed by atoms with van der Waals surface area (Å²) in [5, 5.41) is 15.2. The topological polar surface area (TPSA) is 114 Å². The van der Waals surface area contributed by atoms with Crippen LogP contribution in [0.25, 0.3) is 11.1 Å². The fourth-order valence-electron chi connectivity index (χ4n) is 5.43. The summed E-state index contributed by atoms with van der Waals surface area (Å²) in [4.78, 5) is 36.4. The molecule has 0 radical (unpaired) electrons. The molecule has 5 rings (SSSR count). The van der Waals surface area contributed by atoms with Crippen molar-refractivity contribution in [2.45, 2.75) is 44.2 Å². The molecule has 1 heterocycles. The zero-order valence-electron chi connectivity index (χ0n) is 19.7. The van der Waals surface area contributed by atoms with Crippen molar-refractivity contribution in [3.05, 3.63) is 59.7 Å². The van der Waals surface area contributed by atoms with Crippen LogP contribution in [0, 0.1) is 11.3 Å². The van der Waals surface area contributed by atoms with Gasteiger partial charge in [0.2, 0.25) is 5.91 Å². The van der Waals surface area contributed by atoms with Crippen LogP contribution in [-0.4, -0.2) is 55.0 Å². The Morgan fingerprint density at radius 1 is 1.03 bits per heavy atom. The molecule has 35 heavy (non-hydrogen) atoms. The Morgan fingerprint density at radius 3 is 2.29 bits per heavy atom. The van der Waals surface area contributed by atoms with Crippen LogP contribution < -0.4 is 10.6 Å². The Kier molecular flexibility index (Phi) is 6.23. The van der Waals surface area contributed by atoms with Crippen LogP contribution in [0.4, 0.5) is 4.79 Å². The molecule has 0 aromatic heterocycles. The van der Waals surface area contributed by atoms with Gasteiger partial charge in [-0.2, -0.15) is 0 Å². The molecule has 1 saturated heterocycles. The second-order valence-electron chi connectivity index (χ2n) is 10.1. The predicted molar refractivity (Wildman–Crippen MR) is 128 cm³/mol. The first-order valence-corrected chi connectivity index (χ1v) is 12.1. The molecule has 2 unspecified atom stereocenters. The summed E-state index contributed by atoms with van der Waals surface area (Å²) in [5.74, 6) is -0.997. The van der Waals surface area contributed by atoms with E-state index in [-0.39, 0.29) is 43.6 Å². The number of aliphatic carboxylic acids is 1. The fourth-order valence-corrected chi connectivity index (χ4v) is 5.43. The van der Waals surface area contributed by atoms with Crippen molar-refractivity contribution in [1.29, 1.82) is 0 Å². The summed E-state index contributed by atoms with van der Waals surface area (Å²) < 4.78 is 10.9. The standard InChI is InChI=1S/C27H30N2O6/c1-27(25(31)32)15-34-14-23(27)29-24(30)12-16-10-17(11-16)28-26(33)35-13-22-20-8-4-2-6-18(20)19-7-3-5-9-21(19)22/h2-9,16-17,22-23H,10-15H2,1H3,(H,28,33)(H,29,30)(H,31,32). The van der Waals surface area contributed by atoms with E-state index >= 15 is 0 Å². The highest BCUT2D eigenvalue weighted by atomic mass is 16.5. The first kappa shape index (κ1) is 23.4. The van der Waals surface area contributed by atoms with E-state index in [1.54, 1.807) is 6.92 Å². The molecule has 2 aromatic carbocycles. The summed E-state index contributed by atoms with van der Waals surface area (Å²) in [6, 6.07) is 15.8. The average Bonchev–Trinajstić information content (AvgIpc) is 3.35. The molecule has 8 nitrogen and oxygen atoms in total. The smallest absolute Gasteiger partial charge is 0.407 e. The number of carboxylic acids is 1. The molecular weight excluding hydrogens is 448 g/mol. The quantitative estimate of drug-likeness (QED) is 0.563. The van der Waals surface area contributed by atoms with Crippen molar-refractivity contribution < 1.29 is 29.0 Å². The van der Waals surface area contributed by atoms with Gasteiger partial charge in [0.15, 0.2) is 0 Å². The van der Waals surface area contributed by atoms with E-state index in [2.05, 4.69) is 34.9 Å². The molecule has 0 spiro atoms. The maximum absolute atomic E-state index is 12.4. The van der Waals surface area contributed by atoms with E-state index in [9.17, 15) is 19.5 Å². The first-order valence-electron chi connectivity index (χ1n) is 12.1. The maximum Gasteiger partial charge on any atom is 0.407 e. The Hall–Kier alpha value is -3.39. The minimum atomic E-state index is -1.11. The van der Waals surface area contributed by atoms with Gasteiger partial charge in [0, 0.05) is 18.4 Å². The number of ether oxygens (including phenoxy) is 2. The van der Waals surface area contributed by atoms with Crippen molar-refractivity contribution in [3.63, 3.8) is 0 Å². The third kappa shape index (κ3) is 4.50. The Bertz CT molecular complexity index is 1100. The van der Waals surface area contributed by atoms with E-state index in [0.29, 0.717) is 19.3 Å². The van der Waals surface area contributed by atoms with Crippen molar-refractivity contribution in [2.75, 3.05) is 19.8 Å². The lowest BCUT2D eigenvalue weighted by Gasteiger charge is -2.35. The van der Waals surface area contributed by atoms with Crippen LogP contribution in [0.15, 0.2) is 48.5 Å². The molecule has 2 fully saturated rings. The molecule has 1 saturated carbocycles. The molecule has 3 aliphatic rings. The van der Waals surface area contributed by atoms with E-state index in [1.165, 1.54) is 22.3 Å². The minimum Gasteiger partial charge on any atom is -0.481 e. The van der Waals surface area contributed by atoms with Gasteiger partial charge in [-0.25, -0.2) is 4.79 Å². The number of hydrogen-bond acceptors (Lipinski definition) is 5. The second kappa shape index (κ2) is 9.34. The number of rotatable bonds is 7. The molecule has 2 amide bonds. The largest absolute Gasteiger partial charge is 0.481 e. The van der Waals surface area contributed by atoms with E-state index < -0.39 is 23.5 Å². The van der Waals surface area contributed by atoms with E-state index in [0.717, 1.165) is 0 Å². The number of hydrogen-bond donors (Lipinski definition) is 3. The van der Waals surface area contributed by atoms with Crippen LogP contribution >= 0.6 is 0 Å². The van der Waals surface area contributed by atoms with Crippen molar-refractivity contribution in [1.82, 2.24) is 10.6 Å². The predicted octanol–water partition coefficient (Wildman–Crippen LogP) is 3.30. The molecule has 8 heteroatoms. The number of amides is 2. The number of benzene rings is 2. The lowest BCUT2D eigenvalue weighted by atomic mass is 9.78. The Labute approximate surface area is 204 Å². The molecule has 2 aromatic rings. The van der Waals surface area contributed by atoms with Crippen LogP contribution in [-0.2, 0) is 19.1 Å². The van der Waals surface area contributed by atoms with Crippen molar-refractivity contribution in [3.8, 4) is 11.1 Å². The van der Waals surface area contributed by atoms with Gasteiger partial charge in [-0.05, 0) is 47.9 Å². The van der Waals surface area contributed by atoms with Gasteiger partial charge in [0.25, 0.3) is 0 Å². The molecule has 184 valence electrons. The second-order valence-corrected chi connectivity index (χ2v) is 10.1. The van der Waals surface area contributed by atoms with Gasteiger partial charge in [0.1, 0.15) is 12.0 Å². The molecule has 2 atom stereocenters. The molecular formula is C27H30N2O6. The third-order valence-corrected chi connectivity index (χ3v) is 7.65. The van der Waals surface area contributed by atoms with Gasteiger partial charge in [-0.15, -0.1) is 0 Å².